The van der Waals surface area contributed by atoms with Crippen LogP contribution in [0.3, 0.4) is 0 Å². The van der Waals surface area contributed by atoms with Crippen LogP contribution >= 0.6 is 0 Å². The third-order valence-corrected chi connectivity index (χ3v) is 3.56. The quantitative estimate of drug-likeness (QED) is 0.622. The molecule has 0 spiro atoms. The molecule has 0 radical (unpaired) electrons. The molecule has 3 aromatic rings. The molecule has 2 heterocycles. The number of aromatic nitrogens is 3. The number of nitrogens with zero attached hydrogens (tertiary/aromatic N) is 3. The lowest BCUT2D eigenvalue weighted by atomic mass is 10.2. The van der Waals surface area contributed by atoms with Gasteiger partial charge in [-0.3, -0.25) is 14.6 Å². The number of rotatable bonds is 6. The molecule has 2 amide bonds. The van der Waals surface area contributed by atoms with Crippen LogP contribution in [-0.2, 0) is 11.3 Å². The standard InChI is InChI=1S/C19H18N6O2/c1-13(26)24-15-2-4-16(5-3-15)25-18-12-21-17(11-22-18)19(27)23-10-14-6-8-20-9-7-14/h2-9,11-12H,10H2,1H3,(H,22,25)(H,23,27)(H,24,26). The topological polar surface area (TPSA) is 109 Å². The summed E-state index contributed by atoms with van der Waals surface area (Å²) in [6, 6.07) is 10.8. The Morgan fingerprint density at radius 3 is 2.26 bits per heavy atom. The van der Waals surface area contributed by atoms with Crippen molar-refractivity contribution in [2.75, 3.05) is 10.6 Å². The zero-order chi connectivity index (χ0) is 19.1. The molecular formula is C19H18N6O2. The fourth-order valence-corrected chi connectivity index (χ4v) is 2.27. The van der Waals surface area contributed by atoms with Gasteiger partial charge in [0.2, 0.25) is 5.91 Å². The zero-order valence-corrected chi connectivity index (χ0v) is 14.6. The van der Waals surface area contributed by atoms with E-state index in [4.69, 9.17) is 0 Å². The summed E-state index contributed by atoms with van der Waals surface area (Å²) in [5.41, 5.74) is 2.68. The SMILES string of the molecule is CC(=O)Nc1ccc(Nc2cnc(C(=O)NCc3ccncc3)cn2)cc1. The molecular weight excluding hydrogens is 344 g/mol. The van der Waals surface area contributed by atoms with Crippen LogP contribution in [0, 0.1) is 0 Å². The second-order valence-electron chi connectivity index (χ2n) is 5.71. The summed E-state index contributed by atoms with van der Waals surface area (Å²) in [6.45, 7) is 1.85. The van der Waals surface area contributed by atoms with Gasteiger partial charge in [-0.2, -0.15) is 0 Å². The number of carbonyl (C=O) groups is 2. The maximum absolute atomic E-state index is 12.1. The third kappa shape index (κ3) is 5.33. The first-order valence-electron chi connectivity index (χ1n) is 8.24. The van der Waals surface area contributed by atoms with Crippen molar-refractivity contribution in [1.82, 2.24) is 20.3 Å². The lowest BCUT2D eigenvalue weighted by Gasteiger charge is -2.08. The van der Waals surface area contributed by atoms with Crippen molar-refractivity contribution in [3.05, 3.63) is 72.4 Å². The highest BCUT2D eigenvalue weighted by Crippen LogP contribution is 2.17. The first-order valence-corrected chi connectivity index (χ1v) is 8.24. The van der Waals surface area contributed by atoms with Gasteiger partial charge < -0.3 is 16.0 Å². The number of pyridine rings is 1. The number of hydrogen-bond donors (Lipinski definition) is 3. The predicted molar refractivity (Wildman–Crippen MR) is 101 cm³/mol. The van der Waals surface area contributed by atoms with Crippen LogP contribution in [0.25, 0.3) is 0 Å². The lowest BCUT2D eigenvalue weighted by Crippen LogP contribution is -2.24. The van der Waals surface area contributed by atoms with Gasteiger partial charge in [0.25, 0.3) is 5.91 Å². The molecule has 0 saturated heterocycles. The fraction of sp³-hybridized carbons (Fsp3) is 0.105. The van der Waals surface area contributed by atoms with Gasteiger partial charge in [-0.15, -0.1) is 0 Å². The molecule has 8 nitrogen and oxygen atoms in total. The van der Waals surface area contributed by atoms with Crippen LogP contribution in [-0.4, -0.2) is 26.8 Å². The van der Waals surface area contributed by atoms with E-state index in [1.54, 1.807) is 24.5 Å². The summed E-state index contributed by atoms with van der Waals surface area (Å²) in [5.74, 6) is 0.0813. The number of benzene rings is 1. The first-order chi connectivity index (χ1) is 13.1. The molecule has 2 aromatic heterocycles. The second kappa shape index (κ2) is 8.52. The van der Waals surface area contributed by atoms with Crippen LogP contribution in [0.2, 0.25) is 0 Å². The van der Waals surface area contributed by atoms with Gasteiger partial charge in [-0.25, -0.2) is 9.97 Å². The minimum atomic E-state index is -0.300. The summed E-state index contributed by atoms with van der Waals surface area (Å²) in [7, 11) is 0. The molecule has 0 saturated carbocycles. The second-order valence-corrected chi connectivity index (χ2v) is 5.71. The lowest BCUT2D eigenvalue weighted by molar-refractivity contribution is -0.114. The molecule has 8 heteroatoms. The highest BCUT2D eigenvalue weighted by molar-refractivity contribution is 5.92. The van der Waals surface area contributed by atoms with Gasteiger partial charge in [0.05, 0.1) is 12.4 Å². The number of hydrogen-bond acceptors (Lipinski definition) is 6. The summed E-state index contributed by atoms with van der Waals surface area (Å²) in [5, 5.41) is 8.56. The van der Waals surface area contributed by atoms with Crippen molar-refractivity contribution in [2.24, 2.45) is 0 Å². The summed E-state index contributed by atoms with van der Waals surface area (Å²) < 4.78 is 0. The van der Waals surface area contributed by atoms with Crippen molar-refractivity contribution < 1.29 is 9.59 Å². The van der Waals surface area contributed by atoms with Gasteiger partial charge in [-0.1, -0.05) is 0 Å². The number of anilines is 3. The summed E-state index contributed by atoms with van der Waals surface area (Å²) >= 11 is 0. The maximum Gasteiger partial charge on any atom is 0.271 e. The van der Waals surface area contributed by atoms with Crippen LogP contribution in [0.5, 0.6) is 0 Å². The van der Waals surface area contributed by atoms with Crippen LogP contribution in [0.1, 0.15) is 23.0 Å². The fourth-order valence-electron chi connectivity index (χ4n) is 2.27. The molecule has 3 N–H and O–H groups in total. The first kappa shape index (κ1) is 18.0. The Balaban J connectivity index is 1.56. The molecule has 27 heavy (non-hydrogen) atoms. The molecule has 0 aliphatic carbocycles. The van der Waals surface area contributed by atoms with Crippen molar-refractivity contribution in [2.45, 2.75) is 13.5 Å². The average Bonchev–Trinajstić information content (AvgIpc) is 2.69. The van der Waals surface area contributed by atoms with E-state index in [-0.39, 0.29) is 17.5 Å². The van der Waals surface area contributed by atoms with Crippen molar-refractivity contribution in [3.8, 4) is 0 Å². The van der Waals surface area contributed by atoms with E-state index in [2.05, 4.69) is 30.9 Å². The Morgan fingerprint density at radius 2 is 1.63 bits per heavy atom. The molecule has 136 valence electrons. The van der Waals surface area contributed by atoms with Crippen LogP contribution in [0.4, 0.5) is 17.2 Å². The Labute approximate surface area is 156 Å². The van der Waals surface area contributed by atoms with Crippen molar-refractivity contribution in [1.29, 1.82) is 0 Å². The Morgan fingerprint density at radius 1 is 0.926 bits per heavy atom. The molecule has 0 unspecified atom stereocenters. The van der Waals surface area contributed by atoms with Gasteiger partial charge in [0.1, 0.15) is 11.5 Å². The largest absolute Gasteiger partial charge is 0.347 e. The monoisotopic (exact) mass is 362 g/mol. The van der Waals surface area contributed by atoms with E-state index in [0.717, 1.165) is 11.3 Å². The molecule has 1 aromatic carbocycles. The Hall–Kier alpha value is -3.81. The van der Waals surface area contributed by atoms with Gasteiger partial charge in [0, 0.05) is 37.2 Å². The third-order valence-electron chi connectivity index (χ3n) is 3.56. The van der Waals surface area contributed by atoms with E-state index < -0.39 is 0 Å². The number of amides is 2. The van der Waals surface area contributed by atoms with E-state index in [0.29, 0.717) is 18.1 Å². The Kier molecular flexibility index (Phi) is 5.68. The van der Waals surface area contributed by atoms with E-state index in [9.17, 15) is 9.59 Å². The van der Waals surface area contributed by atoms with Crippen molar-refractivity contribution >= 4 is 29.0 Å². The molecule has 0 atom stereocenters. The highest BCUT2D eigenvalue weighted by atomic mass is 16.2. The van der Waals surface area contributed by atoms with Crippen molar-refractivity contribution in [3.63, 3.8) is 0 Å². The minimum absolute atomic E-state index is 0.126. The normalized spacial score (nSPS) is 10.1. The average molecular weight is 362 g/mol. The Bertz CT molecular complexity index is 911. The molecule has 0 bridgehead atoms. The molecule has 3 rings (SSSR count). The minimum Gasteiger partial charge on any atom is -0.347 e. The van der Waals surface area contributed by atoms with Gasteiger partial charge in [0.15, 0.2) is 0 Å². The highest BCUT2D eigenvalue weighted by Gasteiger charge is 2.08. The molecule has 0 aliphatic rings. The van der Waals surface area contributed by atoms with Crippen LogP contribution in [0.15, 0.2) is 61.2 Å². The maximum atomic E-state index is 12.1. The van der Waals surface area contributed by atoms with Crippen LogP contribution < -0.4 is 16.0 Å². The predicted octanol–water partition coefficient (Wildman–Crippen LogP) is 2.50. The number of carbonyl (C=O) groups excluding carboxylic acids is 2. The van der Waals surface area contributed by atoms with E-state index in [1.807, 2.05) is 24.3 Å². The molecule has 0 fully saturated rings. The van der Waals surface area contributed by atoms with E-state index >= 15 is 0 Å². The zero-order valence-electron chi connectivity index (χ0n) is 14.6. The van der Waals surface area contributed by atoms with Gasteiger partial charge in [-0.05, 0) is 42.0 Å². The summed E-state index contributed by atoms with van der Waals surface area (Å²) in [6.07, 6.45) is 6.24. The molecule has 0 aliphatic heterocycles. The van der Waals surface area contributed by atoms with Gasteiger partial charge >= 0.3 is 0 Å². The summed E-state index contributed by atoms with van der Waals surface area (Å²) in [4.78, 5) is 35.4. The van der Waals surface area contributed by atoms with E-state index in [1.165, 1.54) is 19.3 Å². The smallest absolute Gasteiger partial charge is 0.271 e. The number of nitrogens with one attached hydrogen (secondary N) is 3.